The van der Waals surface area contributed by atoms with Crippen LogP contribution in [0.5, 0.6) is 0 Å². The Morgan fingerprint density at radius 2 is 0.913 bits per heavy atom. The van der Waals surface area contributed by atoms with E-state index in [-0.39, 0.29) is 0 Å². The zero-order valence-electron chi connectivity index (χ0n) is 25.2. The van der Waals surface area contributed by atoms with Gasteiger partial charge in [-0.3, -0.25) is 0 Å². The molecular weight excluding hydrogens is 556 g/mol. The standard InChI is InChI=1S/C44H30N2/c1-4-14-31(15-5-1)32-24-27-36(28-25-32)45(34-17-6-2-7-18-34)41-30-42-44(39-23-13-12-22-38(39)41)43-37-21-11-10-16-33(37)26-29-40(43)46(42)35-19-8-3-9-20-35/h1-30H. The number of nitrogens with zero attached hydrogens (tertiary/aromatic N) is 2. The Hall–Kier alpha value is -6.12. The van der Waals surface area contributed by atoms with Crippen molar-refractivity contribution in [2.45, 2.75) is 0 Å². The fourth-order valence-electron chi connectivity index (χ4n) is 7.10. The molecule has 0 amide bonds. The highest BCUT2D eigenvalue weighted by atomic mass is 15.1. The van der Waals surface area contributed by atoms with Crippen molar-refractivity contribution in [2.75, 3.05) is 4.90 Å². The number of rotatable bonds is 5. The van der Waals surface area contributed by atoms with Crippen LogP contribution in [0.25, 0.3) is 60.2 Å². The summed E-state index contributed by atoms with van der Waals surface area (Å²) in [4.78, 5) is 2.40. The van der Waals surface area contributed by atoms with E-state index in [1.54, 1.807) is 0 Å². The molecule has 0 radical (unpaired) electrons. The SMILES string of the molecule is c1ccc(-c2ccc(N(c3ccccc3)c3cc4c(c5ccccc35)c3c5ccccc5ccc3n4-c3ccccc3)cc2)cc1. The first-order valence-corrected chi connectivity index (χ1v) is 15.8. The summed E-state index contributed by atoms with van der Waals surface area (Å²) in [6.45, 7) is 0. The molecule has 0 N–H and O–H groups in total. The predicted octanol–water partition coefficient (Wildman–Crippen LogP) is 12.2. The summed E-state index contributed by atoms with van der Waals surface area (Å²) >= 11 is 0. The first kappa shape index (κ1) is 26.3. The second kappa shape index (κ2) is 10.8. The first-order chi connectivity index (χ1) is 22.8. The smallest absolute Gasteiger partial charge is 0.0568 e. The molecule has 1 aromatic heterocycles. The van der Waals surface area contributed by atoms with Crippen molar-refractivity contribution in [3.05, 3.63) is 182 Å². The Morgan fingerprint density at radius 1 is 0.370 bits per heavy atom. The van der Waals surface area contributed by atoms with Crippen molar-refractivity contribution in [3.8, 4) is 16.8 Å². The Balaban J connectivity index is 1.39. The minimum atomic E-state index is 1.11. The topological polar surface area (TPSA) is 8.17 Å². The van der Waals surface area contributed by atoms with Gasteiger partial charge in [0.25, 0.3) is 0 Å². The van der Waals surface area contributed by atoms with Gasteiger partial charge in [0.1, 0.15) is 0 Å². The fourth-order valence-corrected chi connectivity index (χ4v) is 7.10. The average molecular weight is 587 g/mol. The van der Waals surface area contributed by atoms with E-state index in [2.05, 4.69) is 191 Å². The third kappa shape index (κ3) is 4.19. The van der Waals surface area contributed by atoms with Gasteiger partial charge in [-0.2, -0.15) is 0 Å². The number of hydrogen-bond donors (Lipinski definition) is 0. The highest BCUT2D eigenvalue weighted by Gasteiger charge is 2.22. The van der Waals surface area contributed by atoms with Crippen molar-refractivity contribution in [2.24, 2.45) is 0 Å². The Bertz CT molecular complexity index is 2500. The Morgan fingerprint density at radius 3 is 1.65 bits per heavy atom. The van der Waals surface area contributed by atoms with Gasteiger partial charge in [-0.25, -0.2) is 0 Å². The number of aromatic nitrogens is 1. The molecule has 0 unspecified atom stereocenters. The van der Waals surface area contributed by atoms with Gasteiger partial charge >= 0.3 is 0 Å². The fraction of sp³-hybridized carbons (Fsp3) is 0. The van der Waals surface area contributed by atoms with E-state index in [0.29, 0.717) is 0 Å². The van der Waals surface area contributed by atoms with Crippen molar-refractivity contribution in [1.29, 1.82) is 0 Å². The monoisotopic (exact) mass is 586 g/mol. The highest BCUT2D eigenvalue weighted by molar-refractivity contribution is 6.30. The van der Waals surface area contributed by atoms with Crippen molar-refractivity contribution in [1.82, 2.24) is 4.57 Å². The number of para-hydroxylation sites is 2. The summed E-state index contributed by atoms with van der Waals surface area (Å²) in [5.41, 5.74) is 9.34. The third-order valence-corrected chi connectivity index (χ3v) is 9.14. The maximum atomic E-state index is 2.44. The first-order valence-electron chi connectivity index (χ1n) is 15.8. The van der Waals surface area contributed by atoms with Crippen LogP contribution in [0.1, 0.15) is 0 Å². The Labute approximate surface area is 268 Å². The molecule has 0 saturated heterocycles. The number of hydrogen-bond acceptors (Lipinski definition) is 1. The minimum Gasteiger partial charge on any atom is -0.310 e. The average Bonchev–Trinajstić information content (AvgIpc) is 3.48. The highest BCUT2D eigenvalue weighted by Crippen LogP contribution is 2.46. The Kier molecular flexibility index (Phi) is 6.17. The second-order valence-electron chi connectivity index (χ2n) is 11.8. The van der Waals surface area contributed by atoms with Gasteiger partial charge < -0.3 is 9.47 Å². The molecule has 0 aliphatic heterocycles. The number of benzene rings is 8. The van der Waals surface area contributed by atoms with Crippen molar-refractivity contribution in [3.63, 3.8) is 0 Å². The summed E-state index contributed by atoms with van der Waals surface area (Å²) in [5, 5.41) is 7.55. The quantitative estimate of drug-likeness (QED) is 0.195. The van der Waals surface area contributed by atoms with Gasteiger partial charge in [0, 0.05) is 33.2 Å². The molecule has 0 fully saturated rings. The number of anilines is 3. The molecule has 0 aliphatic rings. The van der Waals surface area contributed by atoms with E-state index >= 15 is 0 Å². The van der Waals surface area contributed by atoms with Gasteiger partial charge in [0.2, 0.25) is 0 Å². The van der Waals surface area contributed by atoms with Gasteiger partial charge in [-0.05, 0) is 75.8 Å². The molecule has 0 bridgehead atoms. The predicted molar refractivity (Wildman–Crippen MR) is 196 cm³/mol. The van der Waals surface area contributed by atoms with E-state index in [1.807, 2.05) is 0 Å². The maximum absolute atomic E-state index is 2.44. The van der Waals surface area contributed by atoms with Crippen LogP contribution in [-0.4, -0.2) is 4.57 Å². The molecule has 1 heterocycles. The summed E-state index contributed by atoms with van der Waals surface area (Å²) in [5.74, 6) is 0. The molecular formula is C44H30N2. The van der Waals surface area contributed by atoms with Gasteiger partial charge in [0.15, 0.2) is 0 Å². The molecule has 0 saturated carbocycles. The molecule has 9 rings (SSSR count). The van der Waals surface area contributed by atoms with Gasteiger partial charge in [-0.15, -0.1) is 0 Å². The van der Waals surface area contributed by atoms with Crippen molar-refractivity contribution >= 4 is 60.4 Å². The lowest BCUT2D eigenvalue weighted by Gasteiger charge is -2.27. The number of fused-ring (bicyclic) bond motifs is 7. The van der Waals surface area contributed by atoms with E-state index in [1.165, 1.54) is 54.5 Å². The third-order valence-electron chi connectivity index (χ3n) is 9.14. The van der Waals surface area contributed by atoms with E-state index in [9.17, 15) is 0 Å². The lowest BCUT2D eigenvalue weighted by atomic mass is 9.98. The molecule has 0 spiro atoms. The van der Waals surface area contributed by atoms with Crippen LogP contribution < -0.4 is 4.90 Å². The van der Waals surface area contributed by atoms with Crippen molar-refractivity contribution < 1.29 is 0 Å². The molecule has 0 atom stereocenters. The van der Waals surface area contributed by atoms with Crippen LogP contribution >= 0.6 is 0 Å². The molecule has 2 nitrogen and oxygen atoms in total. The molecule has 46 heavy (non-hydrogen) atoms. The lowest BCUT2D eigenvalue weighted by Crippen LogP contribution is -2.10. The van der Waals surface area contributed by atoms with E-state index in [0.717, 1.165) is 22.7 Å². The molecule has 9 aromatic rings. The molecule has 216 valence electrons. The van der Waals surface area contributed by atoms with Crippen LogP contribution in [0.2, 0.25) is 0 Å². The van der Waals surface area contributed by atoms with Crippen LogP contribution in [0.15, 0.2) is 182 Å². The van der Waals surface area contributed by atoms with Crippen LogP contribution in [-0.2, 0) is 0 Å². The van der Waals surface area contributed by atoms with E-state index < -0.39 is 0 Å². The van der Waals surface area contributed by atoms with E-state index in [4.69, 9.17) is 0 Å². The van der Waals surface area contributed by atoms with Crippen LogP contribution in [0.3, 0.4) is 0 Å². The molecule has 2 heteroatoms. The lowest BCUT2D eigenvalue weighted by molar-refractivity contribution is 1.18. The maximum Gasteiger partial charge on any atom is 0.0568 e. The van der Waals surface area contributed by atoms with Gasteiger partial charge in [0.05, 0.1) is 16.7 Å². The molecule has 0 aliphatic carbocycles. The zero-order valence-corrected chi connectivity index (χ0v) is 25.2. The largest absolute Gasteiger partial charge is 0.310 e. The molecule has 8 aromatic carbocycles. The van der Waals surface area contributed by atoms with Gasteiger partial charge in [-0.1, -0.05) is 133 Å². The summed E-state index contributed by atoms with van der Waals surface area (Å²) in [7, 11) is 0. The van der Waals surface area contributed by atoms with Crippen LogP contribution in [0, 0.1) is 0 Å². The zero-order chi connectivity index (χ0) is 30.5. The second-order valence-corrected chi connectivity index (χ2v) is 11.8. The van der Waals surface area contributed by atoms with Crippen LogP contribution in [0.4, 0.5) is 17.1 Å². The summed E-state index contributed by atoms with van der Waals surface area (Å²) in [6, 6.07) is 65.6. The normalized spacial score (nSPS) is 11.5. The summed E-state index contributed by atoms with van der Waals surface area (Å²) in [6.07, 6.45) is 0. The summed E-state index contributed by atoms with van der Waals surface area (Å²) < 4.78 is 2.44. The minimum absolute atomic E-state index is 1.11.